The molecular formula is C19H26N2OS. The number of hydrogen-bond acceptors (Lipinski definition) is 3. The van der Waals surface area contributed by atoms with Gasteiger partial charge in [0.2, 0.25) is 5.91 Å². The summed E-state index contributed by atoms with van der Waals surface area (Å²) >= 11 is 1.72. The van der Waals surface area contributed by atoms with Crippen LogP contribution in [0.2, 0.25) is 0 Å². The molecule has 0 aliphatic heterocycles. The van der Waals surface area contributed by atoms with Crippen molar-refractivity contribution in [2.75, 3.05) is 13.1 Å². The Hall–Kier alpha value is -1.65. The van der Waals surface area contributed by atoms with Crippen molar-refractivity contribution >= 4 is 17.2 Å². The number of rotatable bonds is 8. The fourth-order valence-corrected chi connectivity index (χ4v) is 3.28. The summed E-state index contributed by atoms with van der Waals surface area (Å²) in [5.41, 5.74) is 2.43. The Kier molecular flexibility index (Phi) is 6.81. The van der Waals surface area contributed by atoms with E-state index in [4.69, 9.17) is 0 Å². The number of carbonyl (C=O) groups excluding carboxylic acids is 1. The average molecular weight is 330 g/mol. The number of aryl methyl sites for hydroxylation is 1. The Morgan fingerprint density at radius 1 is 1.17 bits per heavy atom. The number of thiophene rings is 1. The Labute approximate surface area is 143 Å². The fourth-order valence-electron chi connectivity index (χ4n) is 2.36. The maximum absolute atomic E-state index is 12.6. The lowest BCUT2D eigenvalue weighted by molar-refractivity contribution is -0.131. The molecule has 0 spiro atoms. The van der Waals surface area contributed by atoms with Gasteiger partial charge in [0.1, 0.15) is 0 Å². The van der Waals surface area contributed by atoms with E-state index >= 15 is 0 Å². The minimum Gasteiger partial charge on any atom is -0.332 e. The zero-order chi connectivity index (χ0) is 16.7. The second-order valence-electron chi connectivity index (χ2n) is 6.29. The number of amides is 1. The van der Waals surface area contributed by atoms with Crippen LogP contribution in [0.3, 0.4) is 0 Å². The second-order valence-corrected chi connectivity index (χ2v) is 7.29. The Bertz CT molecular complexity index is 607. The molecule has 124 valence electrons. The molecule has 3 nitrogen and oxygen atoms in total. The Balaban J connectivity index is 2.04. The standard InChI is InChI=1S/C19H26N2OS/c1-15(2)11-20-12-19(22)21(13-17-7-5-4-6-8-17)14-18-16(3)9-10-23-18/h4-10,15,20H,11-14H2,1-3H3. The third kappa shape index (κ3) is 5.81. The van der Waals surface area contributed by atoms with Gasteiger partial charge >= 0.3 is 0 Å². The summed E-state index contributed by atoms with van der Waals surface area (Å²) in [4.78, 5) is 15.8. The van der Waals surface area contributed by atoms with Crippen molar-refractivity contribution in [3.05, 3.63) is 57.8 Å². The monoisotopic (exact) mass is 330 g/mol. The fraction of sp³-hybridized carbons (Fsp3) is 0.421. The third-order valence-corrected chi connectivity index (χ3v) is 4.71. The van der Waals surface area contributed by atoms with Crippen molar-refractivity contribution in [2.24, 2.45) is 5.92 Å². The highest BCUT2D eigenvalue weighted by atomic mass is 32.1. The van der Waals surface area contributed by atoms with E-state index in [1.165, 1.54) is 16.0 Å². The summed E-state index contributed by atoms with van der Waals surface area (Å²) < 4.78 is 0. The highest BCUT2D eigenvalue weighted by Gasteiger charge is 2.16. The van der Waals surface area contributed by atoms with E-state index in [0.717, 1.165) is 6.54 Å². The van der Waals surface area contributed by atoms with Gasteiger partial charge in [0, 0.05) is 11.4 Å². The molecule has 4 heteroatoms. The summed E-state index contributed by atoms with van der Waals surface area (Å²) in [5.74, 6) is 0.701. The summed E-state index contributed by atoms with van der Waals surface area (Å²) in [7, 11) is 0. The van der Waals surface area contributed by atoms with Crippen LogP contribution in [0, 0.1) is 12.8 Å². The smallest absolute Gasteiger partial charge is 0.237 e. The van der Waals surface area contributed by atoms with Crippen LogP contribution in [-0.4, -0.2) is 23.9 Å². The molecule has 0 aliphatic rings. The molecule has 0 aliphatic carbocycles. The SMILES string of the molecule is Cc1ccsc1CN(Cc1ccccc1)C(=O)CNCC(C)C. The molecule has 0 saturated carbocycles. The van der Waals surface area contributed by atoms with Crippen molar-refractivity contribution in [2.45, 2.75) is 33.9 Å². The number of nitrogens with zero attached hydrogens (tertiary/aromatic N) is 1. The van der Waals surface area contributed by atoms with Crippen LogP contribution < -0.4 is 5.32 Å². The number of hydrogen-bond donors (Lipinski definition) is 1. The van der Waals surface area contributed by atoms with Crippen LogP contribution in [0.15, 0.2) is 41.8 Å². The third-order valence-electron chi connectivity index (χ3n) is 3.70. The predicted molar refractivity (Wildman–Crippen MR) is 97.5 cm³/mol. The molecule has 0 radical (unpaired) electrons. The molecule has 1 aromatic heterocycles. The van der Waals surface area contributed by atoms with Gasteiger partial charge in [0.15, 0.2) is 0 Å². The number of benzene rings is 1. The van der Waals surface area contributed by atoms with Gasteiger partial charge in [0.05, 0.1) is 13.1 Å². The molecular weight excluding hydrogens is 304 g/mol. The minimum absolute atomic E-state index is 0.155. The summed E-state index contributed by atoms with van der Waals surface area (Å²) in [6.07, 6.45) is 0. The van der Waals surface area contributed by atoms with Gasteiger partial charge < -0.3 is 10.2 Å². The van der Waals surface area contributed by atoms with Crippen molar-refractivity contribution in [3.63, 3.8) is 0 Å². The number of carbonyl (C=O) groups is 1. The summed E-state index contributed by atoms with van der Waals surface area (Å²) in [5, 5.41) is 5.35. The van der Waals surface area contributed by atoms with E-state index in [1.807, 2.05) is 23.1 Å². The van der Waals surface area contributed by atoms with E-state index in [2.05, 4.69) is 49.7 Å². The molecule has 1 N–H and O–H groups in total. The van der Waals surface area contributed by atoms with Crippen LogP contribution >= 0.6 is 11.3 Å². The summed E-state index contributed by atoms with van der Waals surface area (Å²) in [6, 6.07) is 12.3. The normalized spacial score (nSPS) is 11.0. The highest BCUT2D eigenvalue weighted by molar-refractivity contribution is 7.10. The Morgan fingerprint density at radius 2 is 1.91 bits per heavy atom. The predicted octanol–water partition coefficient (Wildman–Crippen LogP) is 3.83. The van der Waals surface area contributed by atoms with Crippen molar-refractivity contribution < 1.29 is 4.79 Å². The van der Waals surface area contributed by atoms with Gasteiger partial charge in [-0.2, -0.15) is 0 Å². The zero-order valence-electron chi connectivity index (χ0n) is 14.2. The second kappa shape index (κ2) is 8.85. The molecule has 1 amide bonds. The first-order chi connectivity index (χ1) is 11.1. The van der Waals surface area contributed by atoms with Gasteiger partial charge in [0.25, 0.3) is 0 Å². The van der Waals surface area contributed by atoms with E-state index < -0.39 is 0 Å². The highest BCUT2D eigenvalue weighted by Crippen LogP contribution is 2.19. The molecule has 23 heavy (non-hydrogen) atoms. The molecule has 0 bridgehead atoms. The van der Waals surface area contributed by atoms with Crippen LogP contribution in [0.1, 0.15) is 29.9 Å². The van der Waals surface area contributed by atoms with Gasteiger partial charge in [-0.1, -0.05) is 44.2 Å². The lowest BCUT2D eigenvalue weighted by Gasteiger charge is -2.23. The largest absolute Gasteiger partial charge is 0.332 e. The van der Waals surface area contributed by atoms with E-state index in [9.17, 15) is 4.79 Å². The topological polar surface area (TPSA) is 32.3 Å². The molecule has 2 rings (SSSR count). The maximum atomic E-state index is 12.6. The molecule has 0 atom stereocenters. The van der Waals surface area contributed by atoms with Crippen LogP contribution in [0.4, 0.5) is 0 Å². The lowest BCUT2D eigenvalue weighted by atomic mass is 10.2. The lowest BCUT2D eigenvalue weighted by Crippen LogP contribution is -2.38. The molecule has 1 heterocycles. The van der Waals surface area contributed by atoms with Crippen LogP contribution in [0.5, 0.6) is 0 Å². The van der Waals surface area contributed by atoms with Crippen molar-refractivity contribution in [1.29, 1.82) is 0 Å². The first kappa shape index (κ1) is 17.7. The zero-order valence-corrected chi connectivity index (χ0v) is 15.0. The maximum Gasteiger partial charge on any atom is 0.237 e. The van der Waals surface area contributed by atoms with Gasteiger partial charge in [-0.15, -0.1) is 11.3 Å². The van der Waals surface area contributed by atoms with E-state index in [-0.39, 0.29) is 5.91 Å². The van der Waals surface area contributed by atoms with Crippen LogP contribution in [-0.2, 0) is 17.9 Å². The quantitative estimate of drug-likeness (QED) is 0.798. The van der Waals surface area contributed by atoms with Crippen molar-refractivity contribution in [1.82, 2.24) is 10.2 Å². The van der Waals surface area contributed by atoms with E-state index in [0.29, 0.717) is 25.6 Å². The van der Waals surface area contributed by atoms with Gasteiger partial charge in [-0.3, -0.25) is 4.79 Å². The van der Waals surface area contributed by atoms with E-state index in [1.54, 1.807) is 11.3 Å². The molecule has 1 aromatic carbocycles. The first-order valence-corrected chi connectivity index (χ1v) is 8.99. The van der Waals surface area contributed by atoms with Gasteiger partial charge in [-0.05, 0) is 42.0 Å². The van der Waals surface area contributed by atoms with Crippen molar-refractivity contribution in [3.8, 4) is 0 Å². The molecule has 0 fully saturated rings. The molecule has 0 unspecified atom stereocenters. The molecule has 0 saturated heterocycles. The van der Waals surface area contributed by atoms with Crippen LogP contribution in [0.25, 0.3) is 0 Å². The molecule has 2 aromatic rings. The minimum atomic E-state index is 0.155. The Morgan fingerprint density at radius 3 is 2.52 bits per heavy atom. The summed E-state index contributed by atoms with van der Waals surface area (Å²) in [6.45, 7) is 9.00. The first-order valence-electron chi connectivity index (χ1n) is 8.11. The number of nitrogens with one attached hydrogen (secondary N) is 1. The van der Waals surface area contributed by atoms with Gasteiger partial charge in [-0.25, -0.2) is 0 Å². The average Bonchev–Trinajstić information content (AvgIpc) is 2.92.